The van der Waals surface area contributed by atoms with Crippen LogP contribution in [0.25, 0.3) is 0 Å². The third kappa shape index (κ3) is 10.0. The smallest absolute Gasteiger partial charge is 0.310 e. The van der Waals surface area contributed by atoms with E-state index < -0.39 is 0 Å². The summed E-state index contributed by atoms with van der Waals surface area (Å²) >= 11 is 0. The van der Waals surface area contributed by atoms with Gasteiger partial charge in [0.1, 0.15) is 5.76 Å². The highest BCUT2D eigenvalue weighted by molar-refractivity contribution is 5.70. The molecule has 1 aliphatic rings. The van der Waals surface area contributed by atoms with Crippen molar-refractivity contribution in [2.75, 3.05) is 0 Å². The molecule has 1 atom stereocenters. The third-order valence-corrected chi connectivity index (χ3v) is 4.50. The first-order valence-electron chi connectivity index (χ1n) is 9.63. The number of allylic oxidation sites excluding steroid dienone is 2. The van der Waals surface area contributed by atoms with Gasteiger partial charge in [-0.15, -0.1) is 0 Å². The van der Waals surface area contributed by atoms with E-state index in [0.29, 0.717) is 12.3 Å². The molecule has 128 valence electrons. The van der Waals surface area contributed by atoms with Crippen molar-refractivity contribution in [1.82, 2.24) is 0 Å². The monoisotopic (exact) mass is 308 g/mol. The maximum Gasteiger partial charge on any atom is 0.310 e. The maximum absolute atomic E-state index is 11.8. The van der Waals surface area contributed by atoms with Gasteiger partial charge in [-0.3, -0.25) is 4.79 Å². The molecule has 0 radical (unpaired) electrons. The Labute approximate surface area is 137 Å². The Morgan fingerprint density at radius 3 is 2.14 bits per heavy atom. The summed E-state index contributed by atoms with van der Waals surface area (Å²) in [5.41, 5.74) is 0. The van der Waals surface area contributed by atoms with Crippen molar-refractivity contribution in [2.24, 2.45) is 5.92 Å². The highest BCUT2D eigenvalue weighted by atomic mass is 16.5. The van der Waals surface area contributed by atoms with Gasteiger partial charge in [0.2, 0.25) is 0 Å². The van der Waals surface area contributed by atoms with Gasteiger partial charge in [-0.05, 0) is 31.3 Å². The minimum atomic E-state index is -0.0566. The van der Waals surface area contributed by atoms with Gasteiger partial charge in [0.05, 0.1) is 0 Å². The van der Waals surface area contributed by atoms with Crippen molar-refractivity contribution in [3.8, 4) is 0 Å². The lowest BCUT2D eigenvalue weighted by Gasteiger charge is -2.12. The summed E-state index contributed by atoms with van der Waals surface area (Å²) < 4.78 is 5.61. The molecule has 0 fully saturated rings. The van der Waals surface area contributed by atoms with Crippen molar-refractivity contribution >= 4 is 5.97 Å². The van der Waals surface area contributed by atoms with E-state index >= 15 is 0 Å². The number of hydrogen-bond acceptors (Lipinski definition) is 2. The number of carbonyl (C=O) groups is 1. The normalized spacial score (nSPS) is 25.4. The Morgan fingerprint density at radius 1 is 1.00 bits per heavy atom. The van der Waals surface area contributed by atoms with Gasteiger partial charge in [0, 0.05) is 12.8 Å². The van der Waals surface area contributed by atoms with Crippen LogP contribution in [-0.2, 0) is 9.53 Å². The predicted molar refractivity (Wildman–Crippen MR) is 93.7 cm³/mol. The van der Waals surface area contributed by atoms with Crippen molar-refractivity contribution < 1.29 is 9.53 Å². The number of esters is 1. The SMILES string of the molecule is CCCC(=O)O/C1=C\[C@H](C)CCCCCCCCCCCC1. The van der Waals surface area contributed by atoms with Crippen LogP contribution in [0.15, 0.2) is 11.8 Å². The minimum Gasteiger partial charge on any atom is -0.431 e. The Morgan fingerprint density at radius 2 is 1.55 bits per heavy atom. The molecule has 22 heavy (non-hydrogen) atoms. The molecule has 0 heterocycles. The highest BCUT2D eigenvalue weighted by Gasteiger charge is 2.09. The molecule has 0 aromatic rings. The molecule has 0 bridgehead atoms. The summed E-state index contributed by atoms with van der Waals surface area (Å²) in [5, 5.41) is 0. The molecule has 2 heteroatoms. The van der Waals surface area contributed by atoms with Crippen LogP contribution < -0.4 is 0 Å². The minimum absolute atomic E-state index is 0.0566. The largest absolute Gasteiger partial charge is 0.431 e. The lowest BCUT2D eigenvalue weighted by atomic mass is 10.0. The maximum atomic E-state index is 11.8. The molecule has 0 aromatic heterocycles. The fourth-order valence-corrected chi connectivity index (χ4v) is 3.15. The first-order valence-corrected chi connectivity index (χ1v) is 9.63. The molecule has 0 saturated heterocycles. The second-order valence-corrected chi connectivity index (χ2v) is 6.91. The van der Waals surface area contributed by atoms with Crippen LogP contribution in [0.5, 0.6) is 0 Å². The molecule has 1 aliphatic carbocycles. The number of carbonyl (C=O) groups excluding carboxylic acids is 1. The van der Waals surface area contributed by atoms with Crippen LogP contribution in [0.4, 0.5) is 0 Å². The summed E-state index contributed by atoms with van der Waals surface area (Å²) in [6.45, 7) is 4.28. The summed E-state index contributed by atoms with van der Waals surface area (Å²) in [6.07, 6.45) is 19.1. The Hall–Kier alpha value is -0.790. The van der Waals surface area contributed by atoms with E-state index in [1.807, 2.05) is 6.92 Å². The van der Waals surface area contributed by atoms with Crippen LogP contribution in [-0.4, -0.2) is 5.97 Å². The Balaban J connectivity index is 2.52. The van der Waals surface area contributed by atoms with Crippen molar-refractivity contribution in [3.63, 3.8) is 0 Å². The third-order valence-electron chi connectivity index (χ3n) is 4.50. The van der Waals surface area contributed by atoms with E-state index in [1.165, 1.54) is 64.2 Å². The zero-order chi connectivity index (χ0) is 16.0. The van der Waals surface area contributed by atoms with Gasteiger partial charge in [-0.25, -0.2) is 0 Å². The van der Waals surface area contributed by atoms with Crippen LogP contribution >= 0.6 is 0 Å². The first kappa shape index (κ1) is 19.3. The quantitative estimate of drug-likeness (QED) is 0.553. The lowest BCUT2D eigenvalue weighted by molar-refractivity contribution is -0.139. The summed E-state index contributed by atoms with van der Waals surface area (Å²) in [7, 11) is 0. The standard InChI is InChI=1S/C20H36O2/c1-3-14-20(21)22-19-16-13-11-9-7-5-4-6-8-10-12-15-18(2)17-19/h17-18H,3-16H2,1-2H3/b19-17-/t18-/m1/s1. The molecule has 0 unspecified atom stereocenters. The molecule has 0 amide bonds. The Kier molecular flexibility index (Phi) is 11.1. The van der Waals surface area contributed by atoms with E-state index in [0.717, 1.165) is 25.0 Å². The average molecular weight is 309 g/mol. The molecule has 0 spiro atoms. The molecular weight excluding hydrogens is 272 g/mol. The molecular formula is C20H36O2. The average Bonchev–Trinajstić information content (AvgIpc) is 2.48. The van der Waals surface area contributed by atoms with Gasteiger partial charge in [0.15, 0.2) is 0 Å². The lowest BCUT2D eigenvalue weighted by Crippen LogP contribution is -2.05. The van der Waals surface area contributed by atoms with Gasteiger partial charge >= 0.3 is 5.97 Å². The zero-order valence-corrected chi connectivity index (χ0v) is 14.9. The van der Waals surface area contributed by atoms with Gasteiger partial charge < -0.3 is 4.74 Å². The molecule has 0 aromatic carbocycles. The fraction of sp³-hybridized carbons (Fsp3) is 0.850. The summed E-state index contributed by atoms with van der Waals surface area (Å²) in [5.74, 6) is 1.40. The fourth-order valence-electron chi connectivity index (χ4n) is 3.15. The molecule has 2 nitrogen and oxygen atoms in total. The number of hydrogen-bond donors (Lipinski definition) is 0. The van der Waals surface area contributed by atoms with Crippen LogP contribution in [0, 0.1) is 5.92 Å². The van der Waals surface area contributed by atoms with E-state index in [9.17, 15) is 4.79 Å². The van der Waals surface area contributed by atoms with Crippen molar-refractivity contribution in [2.45, 2.75) is 104 Å². The number of ether oxygens (including phenoxy) is 1. The predicted octanol–water partition coefficient (Wildman–Crippen LogP) is 6.54. The molecule has 0 aliphatic heterocycles. The molecule has 0 N–H and O–H groups in total. The topological polar surface area (TPSA) is 26.3 Å². The van der Waals surface area contributed by atoms with E-state index in [4.69, 9.17) is 4.74 Å². The van der Waals surface area contributed by atoms with Crippen LogP contribution in [0.3, 0.4) is 0 Å². The first-order chi connectivity index (χ1) is 10.7. The van der Waals surface area contributed by atoms with Gasteiger partial charge in [-0.2, -0.15) is 0 Å². The Bertz CT molecular complexity index is 320. The van der Waals surface area contributed by atoms with E-state index in [-0.39, 0.29) is 5.97 Å². The van der Waals surface area contributed by atoms with E-state index in [2.05, 4.69) is 13.0 Å². The molecule has 1 rings (SSSR count). The summed E-state index contributed by atoms with van der Waals surface area (Å²) in [6, 6.07) is 0. The van der Waals surface area contributed by atoms with Crippen LogP contribution in [0.2, 0.25) is 0 Å². The molecule has 0 saturated carbocycles. The van der Waals surface area contributed by atoms with Crippen molar-refractivity contribution in [3.05, 3.63) is 11.8 Å². The number of rotatable bonds is 3. The highest BCUT2D eigenvalue weighted by Crippen LogP contribution is 2.20. The second kappa shape index (κ2) is 12.7. The second-order valence-electron chi connectivity index (χ2n) is 6.91. The van der Waals surface area contributed by atoms with Crippen molar-refractivity contribution in [1.29, 1.82) is 0 Å². The van der Waals surface area contributed by atoms with Gasteiger partial charge in [-0.1, -0.05) is 71.6 Å². The van der Waals surface area contributed by atoms with E-state index in [1.54, 1.807) is 0 Å². The van der Waals surface area contributed by atoms with Gasteiger partial charge in [0.25, 0.3) is 0 Å². The van der Waals surface area contributed by atoms with Crippen LogP contribution in [0.1, 0.15) is 104 Å². The zero-order valence-electron chi connectivity index (χ0n) is 14.9. The summed E-state index contributed by atoms with van der Waals surface area (Å²) in [4.78, 5) is 11.8.